The second-order valence-electron chi connectivity index (χ2n) is 2.93. The minimum absolute atomic E-state index is 0.165. The highest BCUT2D eigenvalue weighted by Gasteiger charge is 2.11. The fraction of sp³-hybridized carbons (Fsp3) is 0.222. The zero-order valence-corrected chi connectivity index (χ0v) is 7.54. The quantitative estimate of drug-likeness (QED) is 0.661. The molecule has 70 valence electrons. The minimum atomic E-state index is -0.437. The average Bonchev–Trinajstić information content (AvgIpc) is 2.03. The first-order chi connectivity index (χ1) is 6.02. The predicted octanol–water partition coefficient (Wildman–Crippen LogP) is 1.11. The van der Waals surface area contributed by atoms with Gasteiger partial charge in [-0.25, -0.2) is 4.39 Å². The molecule has 13 heavy (non-hydrogen) atoms. The minimum Gasteiger partial charge on any atom is -0.398 e. The average molecular weight is 182 g/mol. The summed E-state index contributed by atoms with van der Waals surface area (Å²) in [7, 11) is 3.23. The molecule has 0 unspecified atom stereocenters. The molecule has 2 N–H and O–H groups in total. The van der Waals surface area contributed by atoms with Gasteiger partial charge in [0.15, 0.2) is 0 Å². The monoisotopic (exact) mass is 182 g/mol. The molecule has 0 aliphatic carbocycles. The molecule has 1 amide bonds. The maximum absolute atomic E-state index is 12.6. The van der Waals surface area contributed by atoms with Crippen molar-refractivity contribution in [2.75, 3.05) is 19.8 Å². The van der Waals surface area contributed by atoms with E-state index < -0.39 is 5.82 Å². The van der Waals surface area contributed by atoms with Crippen LogP contribution in [0.1, 0.15) is 10.4 Å². The zero-order chi connectivity index (χ0) is 10.0. The van der Waals surface area contributed by atoms with Crippen LogP contribution in [0, 0.1) is 5.82 Å². The number of rotatable bonds is 1. The van der Waals surface area contributed by atoms with Crippen molar-refractivity contribution in [3.8, 4) is 0 Å². The zero-order valence-electron chi connectivity index (χ0n) is 7.54. The Hall–Kier alpha value is -1.58. The fourth-order valence-electron chi connectivity index (χ4n) is 0.969. The van der Waals surface area contributed by atoms with Crippen LogP contribution in [0.25, 0.3) is 0 Å². The molecule has 0 fully saturated rings. The highest BCUT2D eigenvalue weighted by Crippen LogP contribution is 2.14. The van der Waals surface area contributed by atoms with Crippen molar-refractivity contribution >= 4 is 11.6 Å². The number of hydrogen-bond acceptors (Lipinski definition) is 2. The molecule has 0 aliphatic rings. The summed E-state index contributed by atoms with van der Waals surface area (Å²) < 4.78 is 12.6. The molecule has 0 aliphatic heterocycles. The third-order valence-electron chi connectivity index (χ3n) is 1.65. The molecule has 1 rings (SSSR count). The van der Waals surface area contributed by atoms with E-state index in [-0.39, 0.29) is 11.6 Å². The third-order valence-corrected chi connectivity index (χ3v) is 1.65. The number of hydrogen-bond donors (Lipinski definition) is 1. The molecule has 0 saturated carbocycles. The molecule has 1 aromatic carbocycles. The maximum atomic E-state index is 12.6. The van der Waals surface area contributed by atoms with Crippen LogP contribution in [0.5, 0.6) is 0 Å². The number of carbonyl (C=O) groups is 1. The van der Waals surface area contributed by atoms with Crippen LogP contribution < -0.4 is 5.73 Å². The van der Waals surface area contributed by atoms with Crippen LogP contribution in [-0.4, -0.2) is 24.9 Å². The Morgan fingerprint density at radius 3 is 2.54 bits per heavy atom. The molecule has 0 bridgehead atoms. The molecule has 0 atom stereocenters. The van der Waals surface area contributed by atoms with Gasteiger partial charge in [-0.05, 0) is 18.2 Å². The summed E-state index contributed by atoms with van der Waals surface area (Å²) in [5.41, 5.74) is 5.96. The second-order valence-corrected chi connectivity index (χ2v) is 2.93. The van der Waals surface area contributed by atoms with Crippen molar-refractivity contribution in [1.82, 2.24) is 4.90 Å². The van der Waals surface area contributed by atoms with Gasteiger partial charge in [0.05, 0.1) is 5.56 Å². The molecular formula is C9H11FN2O. The molecule has 0 aromatic heterocycles. The van der Waals surface area contributed by atoms with E-state index in [9.17, 15) is 9.18 Å². The van der Waals surface area contributed by atoms with Gasteiger partial charge in [-0.2, -0.15) is 0 Å². The van der Waals surface area contributed by atoms with Crippen molar-refractivity contribution < 1.29 is 9.18 Å². The summed E-state index contributed by atoms with van der Waals surface area (Å²) in [4.78, 5) is 12.8. The van der Waals surface area contributed by atoms with Crippen LogP contribution in [0.2, 0.25) is 0 Å². The van der Waals surface area contributed by atoms with Crippen molar-refractivity contribution in [3.63, 3.8) is 0 Å². The first-order valence-electron chi connectivity index (χ1n) is 3.79. The van der Waals surface area contributed by atoms with Crippen LogP contribution in [0.15, 0.2) is 18.2 Å². The van der Waals surface area contributed by atoms with E-state index in [1.165, 1.54) is 17.0 Å². The smallest absolute Gasteiger partial charge is 0.255 e. The number of carbonyl (C=O) groups excluding carboxylic acids is 1. The molecule has 3 nitrogen and oxygen atoms in total. The van der Waals surface area contributed by atoms with E-state index in [0.717, 1.165) is 6.07 Å². The lowest BCUT2D eigenvalue weighted by atomic mass is 10.1. The Bertz CT molecular complexity index is 336. The molecule has 0 spiro atoms. The Morgan fingerprint density at radius 2 is 2.08 bits per heavy atom. The van der Waals surface area contributed by atoms with E-state index in [4.69, 9.17) is 5.73 Å². The lowest BCUT2D eigenvalue weighted by Gasteiger charge is -2.11. The Morgan fingerprint density at radius 1 is 1.46 bits per heavy atom. The summed E-state index contributed by atoms with van der Waals surface area (Å²) in [5.74, 6) is -0.662. The number of nitrogens with two attached hydrogens (primary N) is 1. The highest BCUT2D eigenvalue weighted by molar-refractivity contribution is 5.98. The van der Waals surface area contributed by atoms with E-state index >= 15 is 0 Å². The van der Waals surface area contributed by atoms with Gasteiger partial charge in [0.1, 0.15) is 5.82 Å². The van der Waals surface area contributed by atoms with Gasteiger partial charge in [0.25, 0.3) is 5.91 Å². The van der Waals surface area contributed by atoms with Gasteiger partial charge in [-0.15, -0.1) is 0 Å². The highest BCUT2D eigenvalue weighted by atomic mass is 19.1. The first-order valence-corrected chi connectivity index (χ1v) is 3.79. The van der Waals surface area contributed by atoms with Crippen LogP contribution in [0.4, 0.5) is 10.1 Å². The van der Waals surface area contributed by atoms with Gasteiger partial charge in [0, 0.05) is 19.8 Å². The number of anilines is 1. The first kappa shape index (κ1) is 9.51. The van der Waals surface area contributed by atoms with Gasteiger partial charge < -0.3 is 10.6 Å². The van der Waals surface area contributed by atoms with Gasteiger partial charge in [-0.1, -0.05) is 0 Å². The molecule has 1 aromatic rings. The van der Waals surface area contributed by atoms with Crippen molar-refractivity contribution in [2.45, 2.75) is 0 Å². The van der Waals surface area contributed by atoms with Crippen molar-refractivity contribution in [1.29, 1.82) is 0 Å². The predicted molar refractivity (Wildman–Crippen MR) is 48.8 cm³/mol. The third kappa shape index (κ3) is 1.96. The lowest BCUT2D eigenvalue weighted by molar-refractivity contribution is 0.0828. The lowest BCUT2D eigenvalue weighted by Crippen LogP contribution is -2.22. The SMILES string of the molecule is CN(C)C(=O)c1ccc(F)cc1N. The maximum Gasteiger partial charge on any atom is 0.255 e. The number of benzene rings is 1. The summed E-state index contributed by atoms with van der Waals surface area (Å²) in [6, 6.07) is 3.73. The number of nitrogens with zero attached hydrogens (tertiary/aromatic N) is 1. The van der Waals surface area contributed by atoms with Crippen LogP contribution in [0.3, 0.4) is 0 Å². The van der Waals surface area contributed by atoms with E-state index in [1.54, 1.807) is 14.1 Å². The van der Waals surface area contributed by atoms with E-state index in [1.807, 2.05) is 0 Å². The molecule has 0 saturated heterocycles. The Labute approximate surface area is 76.0 Å². The number of halogens is 1. The second kappa shape index (κ2) is 3.43. The van der Waals surface area contributed by atoms with E-state index in [2.05, 4.69) is 0 Å². The molecular weight excluding hydrogens is 171 g/mol. The summed E-state index contributed by atoms with van der Waals surface area (Å²) in [5, 5.41) is 0. The molecule has 0 radical (unpaired) electrons. The molecule has 4 heteroatoms. The normalized spacial score (nSPS) is 9.77. The topological polar surface area (TPSA) is 46.3 Å². The Balaban J connectivity index is 3.09. The number of nitrogen functional groups attached to an aromatic ring is 1. The summed E-state index contributed by atoms with van der Waals surface area (Å²) in [6.45, 7) is 0. The standard InChI is InChI=1S/C9H11FN2O/c1-12(2)9(13)7-4-3-6(10)5-8(7)11/h3-5H,11H2,1-2H3. The van der Waals surface area contributed by atoms with E-state index in [0.29, 0.717) is 5.56 Å². The largest absolute Gasteiger partial charge is 0.398 e. The number of amides is 1. The summed E-state index contributed by atoms with van der Waals surface area (Å²) in [6.07, 6.45) is 0. The Kier molecular flexibility index (Phi) is 2.51. The molecule has 0 heterocycles. The van der Waals surface area contributed by atoms with Crippen molar-refractivity contribution in [2.24, 2.45) is 0 Å². The van der Waals surface area contributed by atoms with Crippen molar-refractivity contribution in [3.05, 3.63) is 29.6 Å². The van der Waals surface area contributed by atoms with Crippen LogP contribution in [-0.2, 0) is 0 Å². The summed E-state index contributed by atoms with van der Waals surface area (Å²) >= 11 is 0. The fourth-order valence-corrected chi connectivity index (χ4v) is 0.969. The van der Waals surface area contributed by atoms with Gasteiger partial charge >= 0.3 is 0 Å². The van der Waals surface area contributed by atoms with Gasteiger partial charge in [-0.3, -0.25) is 4.79 Å². The van der Waals surface area contributed by atoms with Gasteiger partial charge in [0.2, 0.25) is 0 Å². The van der Waals surface area contributed by atoms with Crippen LogP contribution >= 0.6 is 0 Å².